The first-order chi connectivity index (χ1) is 9.52. The fourth-order valence-electron chi connectivity index (χ4n) is 2.11. The van der Waals surface area contributed by atoms with Gasteiger partial charge in [0, 0.05) is 7.05 Å². The molecule has 0 radical (unpaired) electrons. The third-order valence-corrected chi connectivity index (χ3v) is 4.06. The van der Waals surface area contributed by atoms with Crippen molar-refractivity contribution >= 4 is 23.3 Å². The predicted octanol–water partition coefficient (Wildman–Crippen LogP) is 0.239. The smallest absolute Gasteiger partial charge is 0.319 e. The molecule has 0 aromatic carbocycles. The van der Waals surface area contributed by atoms with Gasteiger partial charge in [-0.1, -0.05) is 0 Å². The fraction of sp³-hybridized carbons (Fsp3) is 0.364. The highest BCUT2D eigenvalue weighted by Crippen LogP contribution is 2.30. The topological polar surface area (TPSA) is 93.0 Å². The Kier molecular flexibility index (Phi) is 2.78. The highest BCUT2D eigenvalue weighted by molar-refractivity contribution is 7.08. The predicted molar refractivity (Wildman–Crippen MR) is 69.6 cm³/mol. The van der Waals surface area contributed by atoms with Gasteiger partial charge >= 0.3 is 6.03 Å². The van der Waals surface area contributed by atoms with Crippen LogP contribution in [0.5, 0.6) is 0 Å². The summed E-state index contributed by atoms with van der Waals surface area (Å²) in [6.07, 6.45) is 0. The zero-order valence-corrected chi connectivity index (χ0v) is 11.7. The van der Waals surface area contributed by atoms with Crippen LogP contribution >= 0.6 is 11.3 Å². The minimum Gasteiger partial charge on any atom is -0.319 e. The van der Waals surface area contributed by atoms with Crippen molar-refractivity contribution in [3.63, 3.8) is 0 Å². The van der Waals surface area contributed by atoms with Crippen molar-refractivity contribution in [3.8, 4) is 0 Å². The standard InChI is InChI=1S/C11H12N6O2S/c1-11(7-3-4-20-6-7)9(18)17(10(19)12-11)5-8-13-14-15-16(8)2/h3-4,6H,5H2,1-2H3,(H,12,19). The summed E-state index contributed by atoms with van der Waals surface area (Å²) >= 11 is 1.48. The molecule has 1 aliphatic heterocycles. The van der Waals surface area contributed by atoms with E-state index in [-0.39, 0.29) is 12.5 Å². The number of carbonyl (C=O) groups excluding carboxylic acids is 2. The molecule has 1 saturated heterocycles. The molecule has 3 amide bonds. The summed E-state index contributed by atoms with van der Waals surface area (Å²) in [5.74, 6) is 0.145. The molecule has 20 heavy (non-hydrogen) atoms. The molecule has 104 valence electrons. The number of thiophene rings is 1. The molecule has 2 aromatic heterocycles. The average Bonchev–Trinajstić information content (AvgIpc) is 3.09. The number of tetrazole rings is 1. The minimum atomic E-state index is -1.02. The largest absolute Gasteiger partial charge is 0.325 e. The van der Waals surface area contributed by atoms with E-state index in [1.54, 1.807) is 14.0 Å². The summed E-state index contributed by atoms with van der Waals surface area (Å²) in [5, 5.41) is 17.4. The zero-order valence-electron chi connectivity index (χ0n) is 10.9. The van der Waals surface area contributed by atoms with Gasteiger partial charge in [0.2, 0.25) is 0 Å². The van der Waals surface area contributed by atoms with E-state index in [0.29, 0.717) is 5.82 Å². The van der Waals surface area contributed by atoms with Crippen molar-refractivity contribution in [1.29, 1.82) is 0 Å². The normalized spacial score (nSPS) is 22.4. The first kappa shape index (κ1) is 12.7. The molecule has 8 nitrogen and oxygen atoms in total. The minimum absolute atomic E-state index is 0.0495. The Balaban J connectivity index is 1.90. The zero-order chi connectivity index (χ0) is 14.3. The number of aromatic nitrogens is 4. The van der Waals surface area contributed by atoms with E-state index in [1.807, 2.05) is 16.8 Å². The lowest BCUT2D eigenvalue weighted by Gasteiger charge is -2.20. The summed E-state index contributed by atoms with van der Waals surface area (Å²) in [6.45, 7) is 1.75. The second-order valence-electron chi connectivity index (χ2n) is 4.68. The molecular weight excluding hydrogens is 280 g/mol. The van der Waals surface area contributed by atoms with Crippen molar-refractivity contribution in [1.82, 2.24) is 30.4 Å². The number of carbonyl (C=O) groups is 2. The maximum atomic E-state index is 12.5. The van der Waals surface area contributed by atoms with E-state index in [1.165, 1.54) is 16.0 Å². The van der Waals surface area contributed by atoms with Gasteiger partial charge in [0.25, 0.3) is 5.91 Å². The molecular formula is C11H12N6O2S. The van der Waals surface area contributed by atoms with E-state index >= 15 is 0 Å². The molecule has 1 aliphatic rings. The number of amides is 3. The van der Waals surface area contributed by atoms with Gasteiger partial charge in [0.05, 0.1) is 6.54 Å². The van der Waals surface area contributed by atoms with Gasteiger partial charge in [-0.3, -0.25) is 9.69 Å². The molecule has 3 heterocycles. The van der Waals surface area contributed by atoms with Gasteiger partial charge in [-0.15, -0.1) is 5.10 Å². The molecule has 2 aromatic rings. The van der Waals surface area contributed by atoms with Gasteiger partial charge in [-0.25, -0.2) is 9.48 Å². The quantitative estimate of drug-likeness (QED) is 0.818. The molecule has 0 spiro atoms. The second kappa shape index (κ2) is 4.37. The van der Waals surface area contributed by atoms with Crippen LogP contribution < -0.4 is 5.32 Å². The third-order valence-electron chi connectivity index (χ3n) is 3.38. The number of rotatable bonds is 3. The van der Waals surface area contributed by atoms with Crippen LogP contribution in [-0.2, 0) is 23.9 Å². The van der Waals surface area contributed by atoms with Gasteiger partial charge in [-0.2, -0.15) is 11.3 Å². The van der Waals surface area contributed by atoms with Crippen LogP contribution in [-0.4, -0.2) is 37.0 Å². The van der Waals surface area contributed by atoms with Crippen LogP contribution in [0.1, 0.15) is 18.3 Å². The number of hydrogen-bond acceptors (Lipinski definition) is 6. The number of imide groups is 1. The molecule has 0 aliphatic carbocycles. The lowest BCUT2D eigenvalue weighted by atomic mass is 9.95. The van der Waals surface area contributed by atoms with Crippen molar-refractivity contribution < 1.29 is 9.59 Å². The summed E-state index contributed by atoms with van der Waals surface area (Å²) in [5.41, 5.74) is -0.247. The Morgan fingerprint density at radius 2 is 2.25 bits per heavy atom. The van der Waals surface area contributed by atoms with E-state index < -0.39 is 11.6 Å². The summed E-state index contributed by atoms with van der Waals surface area (Å²) in [6, 6.07) is 1.39. The highest BCUT2D eigenvalue weighted by Gasteiger charge is 2.49. The lowest BCUT2D eigenvalue weighted by molar-refractivity contribution is -0.131. The Bertz CT molecular complexity index is 666. The third kappa shape index (κ3) is 1.78. The second-order valence-corrected chi connectivity index (χ2v) is 5.46. The Morgan fingerprint density at radius 3 is 2.85 bits per heavy atom. The van der Waals surface area contributed by atoms with Gasteiger partial charge in [0.15, 0.2) is 5.82 Å². The van der Waals surface area contributed by atoms with Crippen LogP contribution in [0.15, 0.2) is 16.8 Å². The van der Waals surface area contributed by atoms with E-state index in [9.17, 15) is 9.59 Å². The van der Waals surface area contributed by atoms with Crippen LogP contribution in [0.25, 0.3) is 0 Å². The maximum Gasteiger partial charge on any atom is 0.325 e. The van der Waals surface area contributed by atoms with Gasteiger partial charge < -0.3 is 5.32 Å². The molecule has 0 saturated carbocycles. The SMILES string of the molecule is Cn1nnnc1CN1C(=O)NC(C)(c2ccsc2)C1=O. The Labute approximate surface area is 118 Å². The molecule has 9 heteroatoms. The van der Waals surface area contributed by atoms with Crippen LogP contribution in [0.4, 0.5) is 4.79 Å². The number of nitrogens with zero attached hydrogens (tertiary/aromatic N) is 5. The van der Waals surface area contributed by atoms with Gasteiger partial charge in [0.1, 0.15) is 5.54 Å². The molecule has 0 bridgehead atoms. The lowest BCUT2D eigenvalue weighted by Crippen LogP contribution is -2.40. The van der Waals surface area contributed by atoms with Crippen LogP contribution in [0, 0.1) is 0 Å². The molecule has 1 fully saturated rings. The number of urea groups is 1. The van der Waals surface area contributed by atoms with E-state index in [2.05, 4.69) is 20.8 Å². The van der Waals surface area contributed by atoms with Crippen molar-refractivity contribution in [2.75, 3.05) is 0 Å². The molecule has 1 unspecified atom stereocenters. The highest BCUT2D eigenvalue weighted by atomic mass is 32.1. The van der Waals surface area contributed by atoms with Crippen molar-refractivity contribution in [2.24, 2.45) is 7.05 Å². The van der Waals surface area contributed by atoms with Crippen LogP contribution in [0.3, 0.4) is 0 Å². The summed E-state index contributed by atoms with van der Waals surface area (Å²) < 4.78 is 1.43. The monoisotopic (exact) mass is 292 g/mol. The fourth-order valence-corrected chi connectivity index (χ4v) is 2.87. The number of hydrogen-bond donors (Lipinski definition) is 1. The van der Waals surface area contributed by atoms with E-state index in [0.717, 1.165) is 10.5 Å². The van der Waals surface area contributed by atoms with Gasteiger partial charge in [-0.05, 0) is 39.7 Å². The number of nitrogens with one attached hydrogen (secondary N) is 1. The summed E-state index contributed by atoms with van der Waals surface area (Å²) in [7, 11) is 1.66. The Hall–Kier alpha value is -2.29. The van der Waals surface area contributed by atoms with E-state index in [4.69, 9.17) is 0 Å². The first-order valence-electron chi connectivity index (χ1n) is 5.90. The number of aryl methyl sites for hydroxylation is 1. The van der Waals surface area contributed by atoms with Crippen LogP contribution in [0.2, 0.25) is 0 Å². The van der Waals surface area contributed by atoms with Crippen molar-refractivity contribution in [3.05, 3.63) is 28.2 Å². The summed E-state index contributed by atoms with van der Waals surface area (Å²) in [4.78, 5) is 25.7. The molecule has 3 rings (SSSR count). The maximum absolute atomic E-state index is 12.5. The molecule has 1 atom stereocenters. The molecule has 1 N–H and O–H groups in total. The average molecular weight is 292 g/mol. The van der Waals surface area contributed by atoms with Crippen molar-refractivity contribution in [2.45, 2.75) is 19.0 Å². The Morgan fingerprint density at radius 1 is 1.45 bits per heavy atom. The first-order valence-corrected chi connectivity index (χ1v) is 6.84.